The lowest BCUT2D eigenvalue weighted by Gasteiger charge is -2.12. The molecule has 0 amide bonds. The van der Waals surface area contributed by atoms with E-state index in [-0.39, 0.29) is 0 Å². The van der Waals surface area contributed by atoms with Crippen LogP contribution < -0.4 is 0 Å². The van der Waals surface area contributed by atoms with E-state index < -0.39 is 0 Å². The normalized spacial score (nSPS) is 10.2. The zero-order valence-electron chi connectivity index (χ0n) is 10.5. The second-order valence-electron chi connectivity index (χ2n) is 4.35. The Kier molecular flexibility index (Phi) is 3.01. The van der Waals surface area contributed by atoms with Crippen LogP contribution in [0.3, 0.4) is 0 Å². The molecule has 0 radical (unpaired) electrons. The minimum atomic E-state index is 0.478. The van der Waals surface area contributed by atoms with Crippen LogP contribution in [0.4, 0.5) is 0 Å². The van der Waals surface area contributed by atoms with E-state index in [1.807, 2.05) is 12.1 Å². The number of aryl methyl sites for hydroxylation is 2. The second kappa shape index (κ2) is 4.47. The highest BCUT2D eigenvalue weighted by atomic mass is 15.0. The summed E-state index contributed by atoms with van der Waals surface area (Å²) < 4.78 is 2.22. The smallest absolute Gasteiger partial charge is 0.0670 e. The molecule has 1 aromatic heterocycles. The van der Waals surface area contributed by atoms with Gasteiger partial charge in [0.05, 0.1) is 12.5 Å². The molecule has 0 N–H and O–H groups in total. The van der Waals surface area contributed by atoms with Crippen molar-refractivity contribution in [2.45, 2.75) is 27.2 Å². The minimum absolute atomic E-state index is 0.478. The van der Waals surface area contributed by atoms with Crippen LogP contribution in [0.5, 0.6) is 0 Å². The van der Waals surface area contributed by atoms with E-state index in [9.17, 15) is 0 Å². The molecular weight excluding hydrogens is 208 g/mol. The van der Waals surface area contributed by atoms with Crippen LogP contribution in [-0.4, -0.2) is 4.57 Å². The maximum Gasteiger partial charge on any atom is 0.0670 e. The predicted octanol–water partition coefficient (Wildman–Crippen LogP) is 3.47. The molecule has 0 unspecified atom stereocenters. The minimum Gasteiger partial charge on any atom is -0.318 e. The van der Waals surface area contributed by atoms with E-state index in [1.165, 1.54) is 22.6 Å². The average Bonchev–Trinajstić information content (AvgIpc) is 2.57. The maximum atomic E-state index is 8.81. The van der Waals surface area contributed by atoms with Crippen molar-refractivity contribution >= 4 is 0 Å². The molecule has 0 aliphatic heterocycles. The van der Waals surface area contributed by atoms with Gasteiger partial charge in [-0.25, -0.2) is 0 Å². The molecule has 0 aliphatic carbocycles. The Balaban J connectivity index is 2.61. The van der Waals surface area contributed by atoms with Gasteiger partial charge in [0, 0.05) is 17.1 Å². The van der Waals surface area contributed by atoms with Crippen LogP contribution in [0.1, 0.15) is 22.5 Å². The van der Waals surface area contributed by atoms with Gasteiger partial charge in [-0.15, -0.1) is 0 Å². The third kappa shape index (κ3) is 1.97. The van der Waals surface area contributed by atoms with E-state index in [0.717, 1.165) is 5.56 Å². The number of hydrogen-bond donors (Lipinski definition) is 0. The highest BCUT2D eigenvalue weighted by Gasteiger charge is 2.11. The highest BCUT2D eigenvalue weighted by Crippen LogP contribution is 2.23. The van der Waals surface area contributed by atoms with Gasteiger partial charge in [0.1, 0.15) is 0 Å². The van der Waals surface area contributed by atoms with Crippen molar-refractivity contribution in [1.82, 2.24) is 4.57 Å². The monoisotopic (exact) mass is 224 g/mol. The number of aromatic nitrogens is 1. The van der Waals surface area contributed by atoms with Crippen molar-refractivity contribution in [3.63, 3.8) is 0 Å². The summed E-state index contributed by atoms with van der Waals surface area (Å²) >= 11 is 0. The van der Waals surface area contributed by atoms with Crippen molar-refractivity contribution in [2.75, 3.05) is 0 Å². The van der Waals surface area contributed by atoms with E-state index in [0.29, 0.717) is 6.42 Å². The summed E-state index contributed by atoms with van der Waals surface area (Å²) in [5, 5.41) is 8.81. The van der Waals surface area contributed by atoms with Gasteiger partial charge >= 0.3 is 0 Å². The molecule has 2 rings (SSSR count). The van der Waals surface area contributed by atoms with Crippen LogP contribution in [0.15, 0.2) is 30.3 Å². The van der Waals surface area contributed by atoms with Gasteiger partial charge in [-0.3, -0.25) is 0 Å². The molecule has 0 aliphatic rings. The van der Waals surface area contributed by atoms with Gasteiger partial charge < -0.3 is 4.57 Å². The Morgan fingerprint density at radius 2 is 1.88 bits per heavy atom. The Morgan fingerprint density at radius 1 is 1.18 bits per heavy atom. The molecular formula is C15H16N2. The third-order valence-electron chi connectivity index (χ3n) is 3.16. The first-order chi connectivity index (χ1) is 8.15. The zero-order valence-corrected chi connectivity index (χ0v) is 10.5. The number of nitriles is 1. The quantitative estimate of drug-likeness (QED) is 0.767. The summed E-state index contributed by atoms with van der Waals surface area (Å²) in [7, 11) is 0. The topological polar surface area (TPSA) is 28.7 Å². The molecule has 2 nitrogen and oxygen atoms in total. The molecule has 17 heavy (non-hydrogen) atoms. The van der Waals surface area contributed by atoms with Crippen LogP contribution in [0, 0.1) is 32.1 Å². The highest BCUT2D eigenvalue weighted by molar-refractivity contribution is 5.46. The molecule has 2 heteroatoms. The summed E-state index contributed by atoms with van der Waals surface area (Å²) in [6.45, 7) is 6.27. The number of hydrogen-bond acceptors (Lipinski definition) is 1. The van der Waals surface area contributed by atoms with Crippen molar-refractivity contribution in [1.29, 1.82) is 5.26 Å². The summed E-state index contributed by atoms with van der Waals surface area (Å²) in [4.78, 5) is 0. The molecule has 0 bridgehead atoms. The molecule has 0 saturated heterocycles. The van der Waals surface area contributed by atoms with Gasteiger partial charge in [0.2, 0.25) is 0 Å². The Bertz CT molecular complexity index is 585. The van der Waals surface area contributed by atoms with Gasteiger partial charge in [-0.2, -0.15) is 5.26 Å². The summed E-state index contributed by atoms with van der Waals surface area (Å²) in [5.74, 6) is 0. The largest absolute Gasteiger partial charge is 0.318 e. The van der Waals surface area contributed by atoms with Gasteiger partial charge in [0.25, 0.3) is 0 Å². The molecule has 2 aromatic rings. The number of benzene rings is 1. The Morgan fingerprint density at radius 3 is 2.53 bits per heavy atom. The average molecular weight is 224 g/mol. The first kappa shape index (κ1) is 11.5. The fourth-order valence-electron chi connectivity index (χ4n) is 2.28. The maximum absolute atomic E-state index is 8.81. The lowest BCUT2D eigenvalue weighted by molar-refractivity contribution is 0.946. The molecule has 1 aromatic carbocycles. The summed E-state index contributed by atoms with van der Waals surface area (Å²) in [5.41, 5.74) is 5.91. The van der Waals surface area contributed by atoms with E-state index in [1.54, 1.807) is 0 Å². The lowest BCUT2D eigenvalue weighted by atomic mass is 10.2. The van der Waals surface area contributed by atoms with E-state index >= 15 is 0 Å². The Hall–Kier alpha value is -2.01. The third-order valence-corrected chi connectivity index (χ3v) is 3.16. The van der Waals surface area contributed by atoms with E-state index in [4.69, 9.17) is 5.26 Å². The van der Waals surface area contributed by atoms with Crippen LogP contribution in [-0.2, 0) is 6.42 Å². The fraction of sp³-hybridized carbons (Fsp3) is 0.267. The molecule has 0 spiro atoms. The SMILES string of the molecule is Cc1ccccc1-n1c(C)cc(CC#N)c1C. The van der Waals surface area contributed by atoms with Crippen molar-refractivity contribution < 1.29 is 0 Å². The second-order valence-corrected chi connectivity index (χ2v) is 4.35. The van der Waals surface area contributed by atoms with Gasteiger partial charge in [-0.1, -0.05) is 18.2 Å². The predicted molar refractivity (Wildman–Crippen MR) is 69.3 cm³/mol. The first-order valence-electron chi connectivity index (χ1n) is 5.76. The molecule has 0 atom stereocenters. The molecule has 0 saturated carbocycles. The van der Waals surface area contributed by atoms with Gasteiger partial charge in [0.15, 0.2) is 0 Å². The fourth-order valence-corrected chi connectivity index (χ4v) is 2.28. The summed E-state index contributed by atoms with van der Waals surface area (Å²) in [6, 6.07) is 12.6. The van der Waals surface area contributed by atoms with E-state index in [2.05, 4.69) is 49.6 Å². The first-order valence-corrected chi connectivity index (χ1v) is 5.76. The van der Waals surface area contributed by atoms with Gasteiger partial charge in [-0.05, 0) is 44.0 Å². The Labute approximate surface area is 102 Å². The molecule has 0 fully saturated rings. The number of rotatable bonds is 2. The van der Waals surface area contributed by atoms with Crippen LogP contribution >= 0.6 is 0 Å². The standard InChI is InChI=1S/C15H16N2/c1-11-6-4-5-7-15(11)17-12(2)10-14(8-9-16)13(17)3/h4-7,10H,8H2,1-3H3. The van der Waals surface area contributed by atoms with Crippen molar-refractivity contribution in [3.05, 3.63) is 52.8 Å². The number of para-hydroxylation sites is 1. The molecule has 1 heterocycles. The molecule has 86 valence electrons. The number of nitrogens with zero attached hydrogens (tertiary/aromatic N) is 2. The zero-order chi connectivity index (χ0) is 12.4. The van der Waals surface area contributed by atoms with Crippen LogP contribution in [0.25, 0.3) is 5.69 Å². The van der Waals surface area contributed by atoms with Crippen molar-refractivity contribution in [3.8, 4) is 11.8 Å². The lowest BCUT2D eigenvalue weighted by Crippen LogP contribution is -2.01. The summed E-state index contributed by atoms with van der Waals surface area (Å²) in [6.07, 6.45) is 0.478. The van der Waals surface area contributed by atoms with Crippen LogP contribution in [0.2, 0.25) is 0 Å². The van der Waals surface area contributed by atoms with Crippen molar-refractivity contribution in [2.24, 2.45) is 0 Å².